The lowest BCUT2D eigenvalue weighted by atomic mass is 9.92. The highest BCUT2D eigenvalue weighted by Gasteiger charge is 2.19. The topological polar surface area (TPSA) is 48.8 Å². The van der Waals surface area contributed by atoms with Crippen molar-refractivity contribution < 1.29 is 0 Å². The van der Waals surface area contributed by atoms with Crippen molar-refractivity contribution in [3.05, 3.63) is 141 Å². The van der Waals surface area contributed by atoms with Gasteiger partial charge in [0.1, 0.15) is 0 Å². The van der Waals surface area contributed by atoms with Crippen molar-refractivity contribution in [3.8, 4) is 0 Å². The van der Waals surface area contributed by atoms with Crippen molar-refractivity contribution in [2.45, 2.75) is 185 Å². The van der Waals surface area contributed by atoms with E-state index in [4.69, 9.17) is 9.98 Å². The lowest BCUT2D eigenvalue weighted by Crippen LogP contribution is -2.10. The molecule has 2 N–H and O–H groups in total. The van der Waals surface area contributed by atoms with Crippen LogP contribution >= 0.6 is 0 Å². The van der Waals surface area contributed by atoms with Crippen LogP contribution in [0.1, 0.15) is 229 Å². The Balaban J connectivity index is 1.98. The van der Waals surface area contributed by atoms with Gasteiger partial charge in [0, 0.05) is 34.2 Å². The number of aliphatic imine (C=N–C) groups is 2. The van der Waals surface area contributed by atoms with Gasteiger partial charge in [0.15, 0.2) is 0 Å². The van der Waals surface area contributed by atoms with Gasteiger partial charge in [-0.25, -0.2) is 0 Å². The summed E-state index contributed by atoms with van der Waals surface area (Å²) in [5, 5.41) is 7.83. The molecule has 0 fully saturated rings. The Morgan fingerprint density at radius 3 is 0.790 bits per heavy atom. The maximum absolute atomic E-state index is 5.69. The molecule has 0 saturated carbocycles. The Morgan fingerprint density at radius 2 is 0.581 bits per heavy atom. The molecule has 0 bridgehead atoms. The number of para-hydroxylation sites is 4. The number of allylic oxidation sites excluding steroid dienone is 4. The molecule has 0 unspecified atom stereocenters. The number of anilines is 2. The van der Waals surface area contributed by atoms with Gasteiger partial charge in [0.05, 0.1) is 11.4 Å². The highest BCUT2D eigenvalue weighted by Crippen LogP contribution is 2.39. The minimum absolute atomic E-state index is 0.337. The number of nitrogens with zero attached hydrogens (tertiary/aromatic N) is 2. The van der Waals surface area contributed by atoms with E-state index in [1.807, 2.05) is 0 Å². The van der Waals surface area contributed by atoms with Crippen LogP contribution in [0.4, 0.5) is 22.7 Å². The standard InChI is InChI=1S/C58H82N4/c1-35(2)47-23-19-24-48(36(3)4)55(47)59-43(17)33-45(61-57-51(39(9)10)27-21-28-52(57)40(11)12)31-32-46(62-58-53(41(13)14)29-22-30-54(58)42(15)16)34-44(18)60-56-49(37(5)6)25-20-26-50(56)38(7)8/h19-30,33-42,59-60H,31-32H2,1-18H3. The average molecular weight is 835 g/mol. The third-order valence-corrected chi connectivity index (χ3v) is 12.0. The molecule has 0 atom stereocenters. The van der Waals surface area contributed by atoms with Crippen molar-refractivity contribution in [1.29, 1.82) is 0 Å². The molecule has 4 aromatic carbocycles. The zero-order valence-electron chi connectivity index (χ0n) is 42.0. The van der Waals surface area contributed by atoms with Crippen LogP contribution in [0.5, 0.6) is 0 Å². The molecule has 0 amide bonds. The summed E-state index contributed by atoms with van der Waals surface area (Å²) in [5.74, 6) is 2.90. The van der Waals surface area contributed by atoms with E-state index in [9.17, 15) is 0 Å². The normalized spacial score (nSPS) is 13.4. The van der Waals surface area contributed by atoms with Crippen LogP contribution in [0, 0.1) is 0 Å². The summed E-state index contributed by atoms with van der Waals surface area (Å²) in [6.45, 7) is 40.9. The molecule has 4 rings (SSSR count). The second-order valence-electron chi connectivity index (χ2n) is 20.0. The molecule has 0 aliphatic heterocycles. The van der Waals surface area contributed by atoms with Gasteiger partial charge >= 0.3 is 0 Å². The molecular weight excluding hydrogens is 753 g/mol. The van der Waals surface area contributed by atoms with Crippen LogP contribution in [-0.4, -0.2) is 11.4 Å². The number of hydrogen-bond acceptors (Lipinski definition) is 4. The summed E-state index contributed by atoms with van der Waals surface area (Å²) in [6, 6.07) is 26.9. The summed E-state index contributed by atoms with van der Waals surface area (Å²) >= 11 is 0. The molecule has 0 aliphatic carbocycles. The number of benzene rings is 4. The van der Waals surface area contributed by atoms with E-state index in [2.05, 4.69) is 220 Å². The summed E-state index contributed by atoms with van der Waals surface area (Å²) in [7, 11) is 0. The highest BCUT2D eigenvalue weighted by molar-refractivity contribution is 6.04. The van der Waals surface area contributed by atoms with E-state index in [1.165, 1.54) is 55.9 Å². The third kappa shape index (κ3) is 12.9. The van der Waals surface area contributed by atoms with Crippen LogP contribution in [0.25, 0.3) is 0 Å². The first kappa shape index (κ1) is 50.0. The largest absolute Gasteiger partial charge is 0.359 e. The minimum atomic E-state index is 0.337. The van der Waals surface area contributed by atoms with Gasteiger partial charge in [-0.05, 0) is 131 Å². The Bertz CT molecular complexity index is 1970. The van der Waals surface area contributed by atoms with Gasteiger partial charge in [-0.2, -0.15) is 0 Å². The van der Waals surface area contributed by atoms with Crippen molar-refractivity contribution in [2.24, 2.45) is 9.98 Å². The number of hydrogen-bond donors (Lipinski definition) is 2. The molecule has 0 radical (unpaired) electrons. The average Bonchev–Trinajstić information content (AvgIpc) is 3.19. The molecule has 62 heavy (non-hydrogen) atoms. The van der Waals surface area contributed by atoms with Crippen LogP contribution in [-0.2, 0) is 0 Å². The Hall–Kier alpha value is -4.70. The maximum atomic E-state index is 5.69. The fraction of sp³-hybridized carbons (Fsp3) is 0.483. The van der Waals surface area contributed by atoms with Gasteiger partial charge in [0.25, 0.3) is 0 Å². The van der Waals surface area contributed by atoms with Gasteiger partial charge in [-0.1, -0.05) is 184 Å². The quantitative estimate of drug-likeness (QED) is 0.0925. The van der Waals surface area contributed by atoms with Crippen molar-refractivity contribution in [3.63, 3.8) is 0 Å². The van der Waals surface area contributed by atoms with Crippen LogP contribution in [0.15, 0.2) is 106 Å². The van der Waals surface area contributed by atoms with Crippen LogP contribution in [0.3, 0.4) is 0 Å². The second-order valence-corrected chi connectivity index (χ2v) is 20.0. The van der Waals surface area contributed by atoms with E-state index in [-0.39, 0.29) is 0 Å². The van der Waals surface area contributed by atoms with Gasteiger partial charge in [-0.3, -0.25) is 9.98 Å². The first-order valence-corrected chi connectivity index (χ1v) is 23.8. The first-order valence-electron chi connectivity index (χ1n) is 23.8. The Labute approximate surface area is 379 Å². The van der Waals surface area contributed by atoms with Crippen molar-refractivity contribution in [2.75, 3.05) is 10.6 Å². The Kier molecular flexibility index (Phi) is 18.2. The lowest BCUT2D eigenvalue weighted by Gasteiger charge is -2.22. The monoisotopic (exact) mass is 835 g/mol. The van der Waals surface area contributed by atoms with E-state index >= 15 is 0 Å². The smallest absolute Gasteiger partial charge is 0.0702 e. The predicted molar refractivity (Wildman–Crippen MR) is 277 cm³/mol. The number of rotatable bonds is 19. The molecule has 0 heterocycles. The van der Waals surface area contributed by atoms with Crippen molar-refractivity contribution in [1.82, 2.24) is 0 Å². The molecule has 0 aliphatic rings. The van der Waals surface area contributed by atoms with Gasteiger partial charge < -0.3 is 10.6 Å². The summed E-state index contributed by atoms with van der Waals surface area (Å²) in [6.07, 6.45) is 6.03. The molecule has 334 valence electrons. The molecule has 0 spiro atoms. The van der Waals surface area contributed by atoms with E-state index < -0.39 is 0 Å². The summed E-state index contributed by atoms with van der Waals surface area (Å²) in [4.78, 5) is 11.4. The van der Waals surface area contributed by atoms with Crippen LogP contribution in [0.2, 0.25) is 0 Å². The van der Waals surface area contributed by atoms with E-state index in [0.29, 0.717) is 47.3 Å². The predicted octanol–water partition coefficient (Wildman–Crippen LogP) is 18.3. The molecular formula is C58H82N4. The maximum Gasteiger partial charge on any atom is 0.0702 e. The second kappa shape index (κ2) is 22.6. The highest BCUT2D eigenvalue weighted by atomic mass is 14.9. The van der Waals surface area contributed by atoms with Crippen molar-refractivity contribution >= 4 is 34.2 Å². The zero-order chi connectivity index (χ0) is 46.0. The molecule has 4 aromatic rings. The Morgan fingerprint density at radius 1 is 0.371 bits per heavy atom. The fourth-order valence-corrected chi connectivity index (χ4v) is 8.50. The minimum Gasteiger partial charge on any atom is -0.359 e. The van der Waals surface area contributed by atoms with E-state index in [0.717, 1.165) is 47.0 Å². The molecule has 4 nitrogen and oxygen atoms in total. The summed E-state index contributed by atoms with van der Waals surface area (Å²) in [5.41, 5.74) is 19.4. The molecule has 0 aromatic heterocycles. The van der Waals surface area contributed by atoms with E-state index in [1.54, 1.807) is 0 Å². The lowest BCUT2D eigenvalue weighted by molar-refractivity contribution is 0.833. The van der Waals surface area contributed by atoms with Crippen LogP contribution < -0.4 is 10.6 Å². The third-order valence-electron chi connectivity index (χ3n) is 12.0. The number of nitrogens with one attached hydrogen (secondary N) is 2. The molecule has 4 heteroatoms. The summed E-state index contributed by atoms with van der Waals surface area (Å²) < 4.78 is 0. The fourth-order valence-electron chi connectivity index (χ4n) is 8.50. The molecule has 0 saturated heterocycles. The van der Waals surface area contributed by atoms with Gasteiger partial charge in [-0.15, -0.1) is 0 Å². The van der Waals surface area contributed by atoms with Gasteiger partial charge in [0.2, 0.25) is 0 Å². The SMILES string of the molecule is CC(=CC(CCC(C=C(C)Nc1c(C(C)C)cccc1C(C)C)=Nc1c(C(C)C)cccc1C(C)C)=Nc1c(C(C)C)cccc1C(C)C)Nc1c(C(C)C)cccc1C(C)C. The first-order chi connectivity index (χ1) is 29.2. The zero-order valence-corrected chi connectivity index (χ0v) is 42.0.